The zero-order valence-corrected chi connectivity index (χ0v) is 15.1. The normalized spacial score (nSPS) is 14.0. The molecule has 3 heterocycles. The van der Waals surface area contributed by atoms with Crippen LogP contribution in [-0.2, 0) is 0 Å². The predicted molar refractivity (Wildman–Crippen MR) is 105 cm³/mol. The Labute approximate surface area is 161 Å². The lowest BCUT2D eigenvalue weighted by molar-refractivity contribution is 0.102. The van der Waals surface area contributed by atoms with Gasteiger partial charge in [0.15, 0.2) is 0 Å². The van der Waals surface area contributed by atoms with Gasteiger partial charge in [0.2, 0.25) is 0 Å². The summed E-state index contributed by atoms with van der Waals surface area (Å²) in [5.74, 6) is 0.841. The molecular formula is C20H19FN6O. The molecule has 0 atom stereocenters. The van der Waals surface area contributed by atoms with Gasteiger partial charge in [0, 0.05) is 44.1 Å². The van der Waals surface area contributed by atoms with Gasteiger partial charge in [-0.1, -0.05) is 12.1 Å². The maximum absolute atomic E-state index is 13.3. The van der Waals surface area contributed by atoms with Crippen LogP contribution in [-0.4, -0.2) is 47.0 Å². The summed E-state index contributed by atoms with van der Waals surface area (Å²) in [6, 6.07) is 13.3. The highest BCUT2D eigenvalue weighted by Gasteiger charge is 2.20. The van der Waals surface area contributed by atoms with Crippen molar-refractivity contribution >= 4 is 23.2 Å². The maximum atomic E-state index is 13.3. The summed E-state index contributed by atoms with van der Waals surface area (Å²) in [6.07, 6.45) is 3.16. The van der Waals surface area contributed by atoms with Crippen molar-refractivity contribution in [2.45, 2.75) is 0 Å². The highest BCUT2D eigenvalue weighted by molar-refractivity contribution is 6.03. The highest BCUT2D eigenvalue weighted by atomic mass is 19.1. The number of aromatic nitrogens is 3. The quantitative estimate of drug-likeness (QED) is 0.752. The second-order valence-electron chi connectivity index (χ2n) is 6.39. The molecule has 7 nitrogen and oxygen atoms in total. The van der Waals surface area contributed by atoms with E-state index in [4.69, 9.17) is 0 Å². The van der Waals surface area contributed by atoms with E-state index in [1.807, 2.05) is 18.2 Å². The van der Waals surface area contributed by atoms with E-state index in [1.165, 1.54) is 24.5 Å². The number of anilines is 3. The van der Waals surface area contributed by atoms with Gasteiger partial charge in [-0.05, 0) is 30.3 Å². The molecule has 0 saturated carbocycles. The first kappa shape index (κ1) is 17.8. The first-order valence-electron chi connectivity index (χ1n) is 8.99. The van der Waals surface area contributed by atoms with Gasteiger partial charge in [-0.3, -0.25) is 4.79 Å². The monoisotopic (exact) mass is 378 g/mol. The van der Waals surface area contributed by atoms with Crippen LogP contribution in [0, 0.1) is 5.82 Å². The van der Waals surface area contributed by atoms with E-state index in [1.54, 1.807) is 18.3 Å². The molecule has 28 heavy (non-hydrogen) atoms. The molecule has 0 bridgehead atoms. The summed E-state index contributed by atoms with van der Waals surface area (Å²) in [5, 5.41) is 2.65. The minimum Gasteiger partial charge on any atom is -0.353 e. The van der Waals surface area contributed by atoms with E-state index >= 15 is 0 Å². The molecule has 1 fully saturated rings. The number of halogens is 1. The molecule has 4 rings (SSSR count). The Bertz CT molecular complexity index is 960. The van der Waals surface area contributed by atoms with Gasteiger partial charge in [-0.15, -0.1) is 0 Å². The van der Waals surface area contributed by atoms with Crippen LogP contribution in [0.4, 0.5) is 21.7 Å². The molecule has 3 aromatic rings. The zero-order valence-electron chi connectivity index (χ0n) is 15.1. The lowest BCUT2D eigenvalue weighted by Gasteiger charge is -2.36. The van der Waals surface area contributed by atoms with Crippen LogP contribution in [0.3, 0.4) is 0 Å². The third kappa shape index (κ3) is 4.06. The minimum atomic E-state index is -0.410. The van der Waals surface area contributed by atoms with Crippen LogP contribution in [0.1, 0.15) is 10.5 Å². The predicted octanol–water partition coefficient (Wildman–Crippen LogP) is 2.59. The van der Waals surface area contributed by atoms with Crippen LogP contribution in [0.5, 0.6) is 0 Å². The Morgan fingerprint density at radius 3 is 2.39 bits per heavy atom. The zero-order chi connectivity index (χ0) is 19.3. The fourth-order valence-corrected chi connectivity index (χ4v) is 3.11. The Kier molecular flexibility index (Phi) is 5.09. The second-order valence-corrected chi connectivity index (χ2v) is 6.39. The first-order valence-corrected chi connectivity index (χ1v) is 8.99. The number of benzene rings is 1. The van der Waals surface area contributed by atoms with E-state index in [0.717, 1.165) is 32.0 Å². The lowest BCUT2D eigenvalue weighted by Crippen LogP contribution is -2.47. The molecule has 0 aliphatic carbocycles. The molecule has 142 valence electrons. The minimum absolute atomic E-state index is 0.237. The standard InChI is InChI=1S/C20H19FN6O/c21-15-4-3-5-16(12-15)25-20(28)17-13-19(24-14-23-17)27-10-8-26(9-11-27)18-6-1-2-7-22-18/h1-7,12-14H,8-11H2,(H,25,28). The van der Waals surface area contributed by atoms with Gasteiger partial charge in [0.05, 0.1) is 0 Å². The number of amides is 1. The largest absolute Gasteiger partial charge is 0.353 e. The van der Waals surface area contributed by atoms with Gasteiger partial charge >= 0.3 is 0 Å². The molecule has 1 aromatic carbocycles. The third-order valence-corrected chi connectivity index (χ3v) is 4.54. The molecule has 1 saturated heterocycles. The van der Waals surface area contributed by atoms with Crippen LogP contribution in [0.2, 0.25) is 0 Å². The van der Waals surface area contributed by atoms with Crippen molar-refractivity contribution in [2.24, 2.45) is 0 Å². The van der Waals surface area contributed by atoms with Crippen LogP contribution >= 0.6 is 0 Å². The Hall–Kier alpha value is -3.55. The van der Waals surface area contributed by atoms with Crippen molar-refractivity contribution in [1.29, 1.82) is 0 Å². The van der Waals surface area contributed by atoms with Gasteiger partial charge < -0.3 is 15.1 Å². The van der Waals surface area contributed by atoms with E-state index in [9.17, 15) is 9.18 Å². The van der Waals surface area contributed by atoms with E-state index in [0.29, 0.717) is 11.5 Å². The molecule has 0 spiro atoms. The number of hydrogen-bond donors (Lipinski definition) is 1. The van der Waals surface area contributed by atoms with Crippen LogP contribution in [0.15, 0.2) is 61.1 Å². The van der Waals surface area contributed by atoms with Crippen LogP contribution in [0.25, 0.3) is 0 Å². The number of pyridine rings is 1. The van der Waals surface area contributed by atoms with Gasteiger partial charge in [-0.25, -0.2) is 19.3 Å². The summed E-state index contributed by atoms with van der Waals surface area (Å²) in [5.41, 5.74) is 0.621. The number of nitrogens with zero attached hydrogens (tertiary/aromatic N) is 5. The summed E-state index contributed by atoms with van der Waals surface area (Å²) < 4.78 is 13.3. The van der Waals surface area contributed by atoms with Crippen molar-refractivity contribution in [2.75, 3.05) is 41.3 Å². The van der Waals surface area contributed by atoms with Gasteiger partial charge in [0.25, 0.3) is 5.91 Å². The number of nitrogens with one attached hydrogen (secondary N) is 1. The topological polar surface area (TPSA) is 74.2 Å². The molecule has 0 unspecified atom stereocenters. The van der Waals surface area contributed by atoms with E-state index < -0.39 is 11.7 Å². The summed E-state index contributed by atoms with van der Waals surface area (Å²) in [6.45, 7) is 3.15. The summed E-state index contributed by atoms with van der Waals surface area (Å²) in [7, 11) is 0. The Morgan fingerprint density at radius 2 is 1.68 bits per heavy atom. The van der Waals surface area contributed by atoms with Crippen molar-refractivity contribution in [1.82, 2.24) is 15.0 Å². The van der Waals surface area contributed by atoms with Crippen molar-refractivity contribution in [3.63, 3.8) is 0 Å². The molecular weight excluding hydrogens is 359 g/mol. The molecule has 1 aliphatic heterocycles. The molecule has 2 aromatic heterocycles. The molecule has 8 heteroatoms. The average molecular weight is 378 g/mol. The molecule has 0 radical (unpaired) electrons. The maximum Gasteiger partial charge on any atom is 0.274 e. The summed E-state index contributed by atoms with van der Waals surface area (Å²) in [4.78, 5) is 29.5. The van der Waals surface area contributed by atoms with Gasteiger partial charge in [-0.2, -0.15) is 0 Å². The van der Waals surface area contributed by atoms with Crippen molar-refractivity contribution < 1.29 is 9.18 Å². The highest BCUT2D eigenvalue weighted by Crippen LogP contribution is 2.18. The van der Waals surface area contributed by atoms with Crippen LogP contribution < -0.4 is 15.1 Å². The molecule has 1 amide bonds. The average Bonchev–Trinajstić information content (AvgIpc) is 2.75. The third-order valence-electron chi connectivity index (χ3n) is 4.54. The Morgan fingerprint density at radius 1 is 0.893 bits per heavy atom. The number of carbonyl (C=O) groups is 1. The fraction of sp³-hybridized carbons (Fsp3) is 0.200. The number of rotatable bonds is 4. The first-order chi connectivity index (χ1) is 13.7. The molecule has 1 N–H and O–H groups in total. The van der Waals surface area contributed by atoms with E-state index in [2.05, 4.69) is 30.1 Å². The SMILES string of the molecule is O=C(Nc1cccc(F)c1)c1cc(N2CCN(c3ccccn3)CC2)ncn1. The summed E-state index contributed by atoms with van der Waals surface area (Å²) >= 11 is 0. The number of hydrogen-bond acceptors (Lipinski definition) is 6. The lowest BCUT2D eigenvalue weighted by atomic mass is 10.2. The van der Waals surface area contributed by atoms with Gasteiger partial charge in [0.1, 0.15) is 29.5 Å². The Balaban J connectivity index is 1.42. The van der Waals surface area contributed by atoms with Crippen molar-refractivity contribution in [3.05, 3.63) is 72.6 Å². The van der Waals surface area contributed by atoms with Crippen molar-refractivity contribution in [3.8, 4) is 0 Å². The second kappa shape index (κ2) is 7.99. The fourth-order valence-electron chi connectivity index (χ4n) is 3.11. The number of carbonyl (C=O) groups excluding carboxylic acids is 1. The van der Waals surface area contributed by atoms with E-state index in [-0.39, 0.29) is 5.69 Å². The smallest absolute Gasteiger partial charge is 0.274 e. The number of piperazine rings is 1. The molecule has 1 aliphatic rings.